The molecule has 6 N–H and O–H groups in total. The van der Waals surface area contributed by atoms with Crippen molar-refractivity contribution in [2.75, 3.05) is 11.9 Å². The molecule has 0 atom stereocenters. The molecule has 9 heteroatoms. The molecule has 0 aliphatic rings. The summed E-state index contributed by atoms with van der Waals surface area (Å²) < 4.78 is 5.21. The number of hydrogen-bond acceptors (Lipinski definition) is 5. The van der Waals surface area contributed by atoms with Crippen LogP contribution in [0.3, 0.4) is 0 Å². The number of carbonyl (C=O) groups is 4. The molecule has 0 saturated carbocycles. The lowest BCUT2D eigenvalue weighted by atomic mass is 10.1. The molecule has 0 fully saturated rings. The van der Waals surface area contributed by atoms with Crippen molar-refractivity contribution in [2.45, 2.75) is 0 Å². The topological polar surface area (TPSA) is 154 Å². The van der Waals surface area contributed by atoms with Gasteiger partial charge < -0.3 is 21.5 Å². The van der Waals surface area contributed by atoms with Gasteiger partial charge >= 0.3 is 6.03 Å². The summed E-state index contributed by atoms with van der Waals surface area (Å²) in [5.74, 6) is -1.70. The number of ether oxygens (including phenoxy) is 1. The largest absolute Gasteiger partial charge is 0.483 e. The molecule has 9 nitrogen and oxygen atoms in total. The third kappa shape index (κ3) is 5.06. The molecule has 0 saturated heterocycles. The summed E-state index contributed by atoms with van der Waals surface area (Å²) in [7, 11) is 0. The van der Waals surface area contributed by atoms with E-state index >= 15 is 0 Å². The van der Waals surface area contributed by atoms with Crippen LogP contribution in [0.5, 0.6) is 5.75 Å². The first-order valence-electron chi connectivity index (χ1n) is 7.39. The van der Waals surface area contributed by atoms with Gasteiger partial charge in [-0.15, -0.1) is 0 Å². The van der Waals surface area contributed by atoms with Crippen molar-refractivity contribution in [3.8, 4) is 5.75 Å². The summed E-state index contributed by atoms with van der Waals surface area (Å²) in [4.78, 5) is 45.8. The summed E-state index contributed by atoms with van der Waals surface area (Å²) >= 11 is 0. The Morgan fingerprint density at radius 2 is 1.65 bits per heavy atom. The van der Waals surface area contributed by atoms with E-state index in [0.29, 0.717) is 5.69 Å². The van der Waals surface area contributed by atoms with Crippen molar-refractivity contribution < 1.29 is 23.9 Å². The number of anilines is 1. The van der Waals surface area contributed by atoms with E-state index in [1.807, 2.05) is 5.32 Å². The Labute approximate surface area is 148 Å². The van der Waals surface area contributed by atoms with Gasteiger partial charge in [0.15, 0.2) is 6.61 Å². The predicted molar refractivity (Wildman–Crippen MR) is 92.6 cm³/mol. The van der Waals surface area contributed by atoms with Crippen molar-refractivity contribution in [3.05, 3.63) is 59.7 Å². The van der Waals surface area contributed by atoms with Crippen LogP contribution < -0.4 is 26.8 Å². The minimum Gasteiger partial charge on any atom is -0.483 e. The normalized spacial score (nSPS) is 9.85. The van der Waals surface area contributed by atoms with Gasteiger partial charge in [-0.3, -0.25) is 19.7 Å². The highest BCUT2D eigenvalue weighted by Crippen LogP contribution is 2.20. The van der Waals surface area contributed by atoms with Crippen molar-refractivity contribution >= 4 is 29.4 Å². The number of benzene rings is 2. The molecule has 26 heavy (non-hydrogen) atoms. The Balaban J connectivity index is 2.17. The van der Waals surface area contributed by atoms with Crippen LogP contribution in [-0.2, 0) is 4.79 Å². The lowest BCUT2D eigenvalue weighted by Crippen LogP contribution is -2.34. The van der Waals surface area contributed by atoms with Crippen LogP contribution in [-0.4, -0.2) is 30.4 Å². The number of rotatable bonds is 6. The molecule has 0 spiro atoms. The van der Waals surface area contributed by atoms with Crippen molar-refractivity contribution in [2.24, 2.45) is 11.5 Å². The van der Waals surface area contributed by atoms with Gasteiger partial charge in [-0.2, -0.15) is 0 Å². The van der Waals surface area contributed by atoms with E-state index in [0.717, 1.165) is 0 Å². The maximum absolute atomic E-state index is 12.5. The van der Waals surface area contributed by atoms with Crippen LogP contribution in [0.4, 0.5) is 10.5 Å². The summed E-state index contributed by atoms with van der Waals surface area (Å²) in [6.07, 6.45) is 0. The molecule has 0 aromatic heterocycles. The number of carbonyl (C=O) groups excluding carboxylic acids is 4. The molecule has 5 amide bonds. The first-order valence-corrected chi connectivity index (χ1v) is 7.39. The van der Waals surface area contributed by atoms with E-state index < -0.39 is 23.8 Å². The molecule has 0 radical (unpaired) electrons. The second-order valence-electron chi connectivity index (χ2n) is 5.10. The SMILES string of the molecule is NC(=O)COc1ccccc1C(=O)Nc1cccc(C(=O)NC(N)=O)c1. The Morgan fingerprint density at radius 3 is 2.35 bits per heavy atom. The molecule has 134 valence electrons. The van der Waals surface area contributed by atoms with Crippen LogP contribution in [0.2, 0.25) is 0 Å². The molecule has 0 heterocycles. The predicted octanol–water partition coefficient (Wildman–Crippen LogP) is 0.611. The third-order valence-corrected chi connectivity index (χ3v) is 3.12. The van der Waals surface area contributed by atoms with Crippen LogP contribution >= 0.6 is 0 Å². The fourth-order valence-electron chi connectivity index (χ4n) is 2.05. The fraction of sp³-hybridized carbons (Fsp3) is 0.0588. The number of imide groups is 1. The number of primary amides is 2. The number of urea groups is 1. The monoisotopic (exact) mass is 356 g/mol. The van der Waals surface area contributed by atoms with Crippen LogP contribution in [0, 0.1) is 0 Å². The first-order chi connectivity index (χ1) is 12.4. The Kier molecular flexibility index (Phi) is 5.88. The molecule has 2 aromatic carbocycles. The Hall–Kier alpha value is -3.88. The summed E-state index contributed by atoms with van der Waals surface area (Å²) in [6.45, 7) is -0.368. The zero-order valence-electron chi connectivity index (χ0n) is 13.5. The maximum atomic E-state index is 12.5. The maximum Gasteiger partial charge on any atom is 0.319 e. The van der Waals surface area contributed by atoms with E-state index in [4.69, 9.17) is 16.2 Å². The average molecular weight is 356 g/mol. The van der Waals surface area contributed by atoms with Gasteiger partial charge in [0.05, 0.1) is 5.56 Å². The van der Waals surface area contributed by atoms with Gasteiger partial charge in [-0.1, -0.05) is 18.2 Å². The number of nitrogens with two attached hydrogens (primary N) is 2. The second kappa shape index (κ2) is 8.29. The smallest absolute Gasteiger partial charge is 0.319 e. The quantitative estimate of drug-likeness (QED) is 0.597. The molecule has 2 aromatic rings. The van der Waals surface area contributed by atoms with Gasteiger partial charge in [-0.25, -0.2) is 4.79 Å². The van der Waals surface area contributed by atoms with E-state index in [1.165, 1.54) is 30.3 Å². The molecule has 0 bridgehead atoms. The zero-order chi connectivity index (χ0) is 19.1. The fourth-order valence-corrected chi connectivity index (χ4v) is 2.05. The molecule has 2 rings (SSSR count). The van der Waals surface area contributed by atoms with Gasteiger partial charge in [0.25, 0.3) is 17.7 Å². The molecule has 0 unspecified atom stereocenters. The minimum atomic E-state index is -0.982. The van der Waals surface area contributed by atoms with Crippen molar-refractivity contribution in [1.29, 1.82) is 0 Å². The van der Waals surface area contributed by atoms with Crippen molar-refractivity contribution in [3.63, 3.8) is 0 Å². The van der Waals surface area contributed by atoms with Crippen molar-refractivity contribution in [1.82, 2.24) is 5.32 Å². The number of amides is 5. The summed E-state index contributed by atoms with van der Waals surface area (Å²) in [5.41, 5.74) is 10.6. The van der Waals surface area contributed by atoms with Gasteiger partial charge in [0.2, 0.25) is 0 Å². The highest BCUT2D eigenvalue weighted by Gasteiger charge is 2.14. The average Bonchev–Trinajstić information content (AvgIpc) is 2.59. The molecule has 0 aliphatic carbocycles. The zero-order valence-corrected chi connectivity index (χ0v) is 13.5. The van der Waals surface area contributed by atoms with Crippen LogP contribution in [0.1, 0.15) is 20.7 Å². The summed E-state index contributed by atoms with van der Waals surface area (Å²) in [6, 6.07) is 11.2. The van der Waals surface area contributed by atoms with Crippen LogP contribution in [0.15, 0.2) is 48.5 Å². The lowest BCUT2D eigenvalue weighted by Gasteiger charge is -2.11. The minimum absolute atomic E-state index is 0.139. The van der Waals surface area contributed by atoms with Gasteiger partial charge in [0, 0.05) is 11.3 Å². The van der Waals surface area contributed by atoms with E-state index in [1.54, 1.807) is 18.2 Å². The summed E-state index contributed by atoms with van der Waals surface area (Å²) in [5, 5.41) is 4.53. The van der Waals surface area contributed by atoms with Gasteiger partial charge in [0.1, 0.15) is 5.75 Å². The third-order valence-electron chi connectivity index (χ3n) is 3.12. The van der Waals surface area contributed by atoms with E-state index in [2.05, 4.69) is 5.32 Å². The second-order valence-corrected chi connectivity index (χ2v) is 5.10. The highest BCUT2D eigenvalue weighted by molar-refractivity contribution is 6.08. The lowest BCUT2D eigenvalue weighted by molar-refractivity contribution is -0.119. The molecular formula is C17H16N4O5. The Bertz CT molecular complexity index is 866. The molecular weight excluding hydrogens is 340 g/mol. The molecule has 0 aliphatic heterocycles. The van der Waals surface area contributed by atoms with Crippen LogP contribution in [0.25, 0.3) is 0 Å². The van der Waals surface area contributed by atoms with E-state index in [-0.39, 0.29) is 23.5 Å². The number of nitrogens with one attached hydrogen (secondary N) is 2. The number of para-hydroxylation sites is 1. The van der Waals surface area contributed by atoms with Gasteiger partial charge in [-0.05, 0) is 30.3 Å². The standard InChI is InChI=1S/C17H16N4O5/c18-14(22)9-26-13-7-2-1-6-12(13)16(24)20-11-5-3-4-10(8-11)15(23)21-17(19)25/h1-8H,9H2,(H2,18,22)(H,20,24)(H3,19,21,23,25). The Morgan fingerprint density at radius 1 is 0.923 bits per heavy atom. The van der Waals surface area contributed by atoms with E-state index in [9.17, 15) is 19.2 Å². The number of hydrogen-bond donors (Lipinski definition) is 4. The first kappa shape index (κ1) is 18.5. The highest BCUT2D eigenvalue weighted by atomic mass is 16.5.